The fraction of sp³-hybridized carbons (Fsp3) is 0.207. The van der Waals surface area contributed by atoms with Crippen molar-refractivity contribution in [3.8, 4) is 5.75 Å². The van der Waals surface area contributed by atoms with Crippen LogP contribution in [-0.2, 0) is 35.9 Å². The van der Waals surface area contributed by atoms with Gasteiger partial charge in [0.25, 0.3) is 11.5 Å². The summed E-state index contributed by atoms with van der Waals surface area (Å²) < 4.78 is 47.7. The third kappa shape index (κ3) is 5.71. The number of fused-ring (bicyclic) bond motifs is 1. The molecule has 0 saturated carbocycles. The van der Waals surface area contributed by atoms with Gasteiger partial charge in [0.1, 0.15) is 11.3 Å². The number of anilines is 1. The molecule has 1 aromatic heterocycles. The van der Waals surface area contributed by atoms with Crippen LogP contribution in [0, 0.1) is 0 Å². The van der Waals surface area contributed by atoms with Crippen LogP contribution in [-0.4, -0.2) is 22.6 Å². The van der Waals surface area contributed by atoms with Crippen molar-refractivity contribution in [1.29, 1.82) is 0 Å². The number of methoxy groups -OCH3 is 1. The fourth-order valence-electron chi connectivity index (χ4n) is 5.02. The molecule has 6 nitrogen and oxygen atoms in total. The van der Waals surface area contributed by atoms with Gasteiger partial charge in [0.05, 0.1) is 13.7 Å². The third-order valence-corrected chi connectivity index (χ3v) is 8.17. The molecular formula is C29H20Cl4F3N3O3. The van der Waals surface area contributed by atoms with E-state index in [1.165, 1.54) is 19.2 Å². The molecule has 0 fully saturated rings. The van der Waals surface area contributed by atoms with E-state index in [4.69, 9.17) is 51.1 Å². The van der Waals surface area contributed by atoms with Crippen molar-refractivity contribution in [2.24, 2.45) is 0 Å². The summed E-state index contributed by atoms with van der Waals surface area (Å²) in [6.45, 7) is -0.180. The van der Waals surface area contributed by atoms with Crippen LogP contribution in [0.2, 0.25) is 20.1 Å². The lowest BCUT2D eigenvalue weighted by Gasteiger charge is -2.30. The van der Waals surface area contributed by atoms with Gasteiger partial charge in [-0.25, -0.2) is 4.98 Å². The zero-order chi connectivity index (χ0) is 30.4. The van der Waals surface area contributed by atoms with Crippen molar-refractivity contribution >= 4 is 58.3 Å². The van der Waals surface area contributed by atoms with Crippen LogP contribution in [0.5, 0.6) is 5.75 Å². The highest BCUT2D eigenvalue weighted by atomic mass is 35.5. The second-order valence-corrected chi connectivity index (χ2v) is 11.4. The Morgan fingerprint density at radius 2 is 1.38 bits per heavy atom. The summed E-state index contributed by atoms with van der Waals surface area (Å²) in [7, 11) is 1.49. The molecule has 1 aliphatic rings. The van der Waals surface area contributed by atoms with Gasteiger partial charge in [-0.15, -0.1) is 0 Å². The molecule has 1 amide bonds. The molecule has 2 heterocycles. The molecule has 13 heteroatoms. The Balaban J connectivity index is 1.75. The quantitative estimate of drug-likeness (QED) is 0.205. The second-order valence-electron chi connectivity index (χ2n) is 9.71. The standard InChI is InChI=1S/C29H20Cl4F3N3O3/c1-42-21-8-2-16(3-9-21)15-38-26(41)28(13-17-4-6-19(30)10-22(17)32,14-18-5-7-20(31)11-23(18)33)39-25(40)12-24(29(34,35)36)37-27(38)39/h2-12H,13-15H2,1H3. The highest BCUT2D eigenvalue weighted by molar-refractivity contribution is 6.35. The van der Waals surface area contributed by atoms with E-state index in [2.05, 4.69) is 4.98 Å². The van der Waals surface area contributed by atoms with Gasteiger partial charge in [-0.2, -0.15) is 13.2 Å². The van der Waals surface area contributed by atoms with Crippen molar-refractivity contribution in [3.05, 3.63) is 120 Å². The molecule has 42 heavy (non-hydrogen) atoms. The number of amides is 1. The van der Waals surface area contributed by atoms with E-state index < -0.39 is 34.8 Å². The van der Waals surface area contributed by atoms with E-state index in [1.54, 1.807) is 48.5 Å². The molecule has 0 spiro atoms. The van der Waals surface area contributed by atoms with E-state index in [9.17, 15) is 22.8 Å². The van der Waals surface area contributed by atoms with Crippen LogP contribution in [0.3, 0.4) is 0 Å². The number of hydrogen-bond acceptors (Lipinski definition) is 4. The van der Waals surface area contributed by atoms with E-state index in [1.807, 2.05) is 0 Å². The van der Waals surface area contributed by atoms with Crippen LogP contribution in [0.4, 0.5) is 19.1 Å². The SMILES string of the molecule is COc1ccc(CN2C(=O)C(Cc3ccc(Cl)cc3Cl)(Cc3ccc(Cl)cc3Cl)n3c2nc(C(F)(F)F)cc3=O)cc1. The molecule has 0 radical (unpaired) electrons. The predicted octanol–water partition coefficient (Wildman–Crippen LogP) is 7.61. The smallest absolute Gasteiger partial charge is 0.433 e. The van der Waals surface area contributed by atoms with E-state index >= 15 is 0 Å². The average molecular weight is 657 g/mol. The Labute approximate surface area is 258 Å². The summed E-state index contributed by atoms with van der Waals surface area (Å²) in [5.74, 6) is -0.574. The summed E-state index contributed by atoms with van der Waals surface area (Å²) in [5.41, 5.74) is -2.85. The first-order valence-corrected chi connectivity index (χ1v) is 13.9. The number of benzene rings is 3. The molecule has 4 aromatic rings. The van der Waals surface area contributed by atoms with Crippen molar-refractivity contribution in [2.45, 2.75) is 31.1 Å². The Bertz CT molecular complexity index is 1690. The number of ether oxygens (including phenoxy) is 1. The number of rotatable bonds is 7. The summed E-state index contributed by atoms with van der Waals surface area (Å²) in [6.07, 6.45) is -5.30. The molecule has 0 unspecified atom stereocenters. The molecule has 0 aliphatic carbocycles. The largest absolute Gasteiger partial charge is 0.497 e. The molecule has 0 saturated heterocycles. The van der Waals surface area contributed by atoms with E-state index in [-0.39, 0.29) is 29.4 Å². The first-order valence-electron chi connectivity index (χ1n) is 12.4. The maximum Gasteiger partial charge on any atom is 0.433 e. The summed E-state index contributed by atoms with van der Waals surface area (Å²) in [4.78, 5) is 33.1. The molecule has 0 atom stereocenters. The number of halogens is 7. The summed E-state index contributed by atoms with van der Waals surface area (Å²) in [5, 5.41) is 1.10. The molecule has 3 aromatic carbocycles. The van der Waals surface area contributed by atoms with Crippen molar-refractivity contribution in [2.75, 3.05) is 12.0 Å². The van der Waals surface area contributed by atoms with Gasteiger partial charge in [-0.05, 0) is 53.1 Å². The molecule has 0 N–H and O–H groups in total. The summed E-state index contributed by atoms with van der Waals surface area (Å²) in [6, 6.07) is 16.3. The van der Waals surface area contributed by atoms with Crippen LogP contribution in [0.25, 0.3) is 0 Å². The molecule has 0 bridgehead atoms. The van der Waals surface area contributed by atoms with Gasteiger partial charge >= 0.3 is 6.18 Å². The van der Waals surface area contributed by atoms with Gasteiger partial charge < -0.3 is 4.74 Å². The Kier molecular flexibility index (Phi) is 8.24. The second kappa shape index (κ2) is 11.4. The average Bonchev–Trinajstić information content (AvgIpc) is 3.15. The lowest BCUT2D eigenvalue weighted by Crippen LogP contribution is -2.49. The monoisotopic (exact) mass is 655 g/mol. The maximum absolute atomic E-state index is 14.6. The number of carbonyl (C=O) groups is 1. The molecular weight excluding hydrogens is 637 g/mol. The number of nitrogens with zero attached hydrogens (tertiary/aromatic N) is 3. The van der Waals surface area contributed by atoms with Crippen LogP contribution >= 0.6 is 46.4 Å². The lowest BCUT2D eigenvalue weighted by molar-refractivity contribution is -0.141. The van der Waals surface area contributed by atoms with Crippen LogP contribution in [0.1, 0.15) is 22.4 Å². The van der Waals surface area contributed by atoms with Crippen LogP contribution < -0.4 is 15.2 Å². The Morgan fingerprint density at radius 1 is 0.833 bits per heavy atom. The Hall–Kier alpha value is -3.24. The Morgan fingerprint density at radius 3 is 1.86 bits per heavy atom. The van der Waals surface area contributed by atoms with Gasteiger partial charge in [-0.3, -0.25) is 19.1 Å². The zero-order valence-corrected chi connectivity index (χ0v) is 24.7. The topological polar surface area (TPSA) is 64.4 Å². The first kappa shape index (κ1) is 30.2. The fourth-order valence-corrected chi connectivity index (χ4v) is 5.98. The molecule has 1 aliphatic heterocycles. The number of hydrogen-bond donors (Lipinski definition) is 0. The van der Waals surface area contributed by atoms with Crippen LogP contribution in [0.15, 0.2) is 71.5 Å². The number of carbonyl (C=O) groups excluding carboxylic acids is 1. The highest BCUT2D eigenvalue weighted by Crippen LogP contribution is 2.42. The highest BCUT2D eigenvalue weighted by Gasteiger charge is 2.54. The minimum atomic E-state index is -4.94. The van der Waals surface area contributed by atoms with Gasteiger partial charge in [0.2, 0.25) is 5.95 Å². The molecule has 5 rings (SSSR count). The zero-order valence-electron chi connectivity index (χ0n) is 21.7. The van der Waals surface area contributed by atoms with Crippen molar-refractivity contribution < 1.29 is 22.7 Å². The van der Waals surface area contributed by atoms with Crippen molar-refractivity contribution in [1.82, 2.24) is 9.55 Å². The maximum atomic E-state index is 14.6. The van der Waals surface area contributed by atoms with Gasteiger partial charge in [0, 0.05) is 39.0 Å². The summed E-state index contributed by atoms with van der Waals surface area (Å²) >= 11 is 25.2. The van der Waals surface area contributed by atoms with Gasteiger partial charge in [-0.1, -0.05) is 70.7 Å². The molecule has 218 valence electrons. The number of aromatic nitrogens is 2. The normalized spacial score (nSPS) is 14.3. The van der Waals surface area contributed by atoms with E-state index in [0.29, 0.717) is 38.6 Å². The third-order valence-electron chi connectivity index (χ3n) is 7.00. The van der Waals surface area contributed by atoms with Crippen molar-refractivity contribution in [3.63, 3.8) is 0 Å². The van der Waals surface area contributed by atoms with E-state index in [0.717, 1.165) is 9.47 Å². The minimum Gasteiger partial charge on any atom is -0.497 e. The lowest BCUT2D eigenvalue weighted by atomic mass is 9.83. The minimum absolute atomic E-state index is 0.180. The number of alkyl halides is 3. The first-order chi connectivity index (χ1) is 19.8. The predicted molar refractivity (Wildman–Crippen MR) is 156 cm³/mol. The van der Waals surface area contributed by atoms with Gasteiger partial charge in [0.15, 0.2) is 5.69 Å².